The maximum Gasteiger partial charge on any atom is 0.228 e. The average molecular weight is 272 g/mol. The molecule has 0 aliphatic heterocycles. The number of anilines is 2. The van der Waals surface area contributed by atoms with Crippen LogP contribution in [-0.4, -0.2) is 5.91 Å². The minimum atomic E-state index is -0.528. The number of carbonyl (C=O) groups is 1. The monoisotopic (exact) mass is 272 g/mol. The van der Waals surface area contributed by atoms with Crippen molar-refractivity contribution in [2.24, 2.45) is 0 Å². The van der Waals surface area contributed by atoms with Gasteiger partial charge in [-0.05, 0) is 37.1 Å². The lowest BCUT2D eigenvalue weighted by molar-refractivity contribution is -0.115. The summed E-state index contributed by atoms with van der Waals surface area (Å²) in [6.07, 6.45) is 0.196. The quantitative estimate of drug-likeness (QED) is 0.843. The minimum Gasteiger partial charge on any atom is -0.397 e. The molecule has 0 bridgehead atoms. The number of nitrogens with one attached hydrogen (secondary N) is 1. The average Bonchev–Trinajstić information content (AvgIpc) is 2.38. The second-order valence-corrected chi connectivity index (χ2v) is 4.86. The van der Waals surface area contributed by atoms with E-state index in [0.717, 1.165) is 16.7 Å². The number of aryl methyl sites for hydroxylation is 2. The van der Waals surface area contributed by atoms with Crippen LogP contribution in [0, 0.1) is 19.7 Å². The van der Waals surface area contributed by atoms with Crippen LogP contribution < -0.4 is 11.1 Å². The number of nitrogen functional groups attached to an aromatic ring is 1. The van der Waals surface area contributed by atoms with Gasteiger partial charge in [-0.25, -0.2) is 4.39 Å². The van der Waals surface area contributed by atoms with Gasteiger partial charge >= 0.3 is 0 Å². The molecule has 0 heterocycles. The van der Waals surface area contributed by atoms with Gasteiger partial charge in [0.2, 0.25) is 5.91 Å². The largest absolute Gasteiger partial charge is 0.397 e. The number of amides is 1. The van der Waals surface area contributed by atoms with Gasteiger partial charge in [0.05, 0.1) is 12.1 Å². The fourth-order valence-corrected chi connectivity index (χ4v) is 2.02. The Bertz CT molecular complexity index is 633. The highest BCUT2D eigenvalue weighted by Gasteiger charge is 2.11. The van der Waals surface area contributed by atoms with Gasteiger partial charge in [-0.3, -0.25) is 4.79 Å². The number of halogens is 1. The number of hydrogen-bond acceptors (Lipinski definition) is 2. The molecule has 2 aromatic rings. The van der Waals surface area contributed by atoms with Crippen LogP contribution in [-0.2, 0) is 11.2 Å². The molecule has 2 rings (SSSR count). The molecule has 0 radical (unpaired) electrons. The highest BCUT2D eigenvalue weighted by atomic mass is 19.1. The van der Waals surface area contributed by atoms with Crippen LogP contribution in [0.3, 0.4) is 0 Å². The molecule has 0 saturated carbocycles. The van der Waals surface area contributed by atoms with Gasteiger partial charge in [0.25, 0.3) is 0 Å². The fourth-order valence-electron chi connectivity index (χ4n) is 2.02. The predicted molar refractivity (Wildman–Crippen MR) is 79.1 cm³/mol. The normalized spacial score (nSPS) is 10.3. The second-order valence-electron chi connectivity index (χ2n) is 4.86. The Morgan fingerprint density at radius 2 is 2.00 bits per heavy atom. The van der Waals surface area contributed by atoms with E-state index in [4.69, 9.17) is 5.73 Å². The summed E-state index contributed by atoms with van der Waals surface area (Å²) < 4.78 is 13.6. The van der Waals surface area contributed by atoms with E-state index in [-0.39, 0.29) is 23.7 Å². The zero-order valence-electron chi connectivity index (χ0n) is 11.5. The van der Waals surface area contributed by atoms with Crippen molar-refractivity contribution in [2.75, 3.05) is 11.1 Å². The van der Waals surface area contributed by atoms with E-state index < -0.39 is 5.82 Å². The van der Waals surface area contributed by atoms with Crippen LogP contribution in [0.5, 0.6) is 0 Å². The molecule has 1 amide bonds. The Morgan fingerprint density at radius 1 is 1.25 bits per heavy atom. The van der Waals surface area contributed by atoms with Gasteiger partial charge in [0.15, 0.2) is 0 Å². The molecule has 3 nitrogen and oxygen atoms in total. The van der Waals surface area contributed by atoms with Crippen LogP contribution >= 0.6 is 0 Å². The number of carbonyl (C=O) groups excluding carboxylic acids is 1. The molecule has 0 unspecified atom stereocenters. The first kappa shape index (κ1) is 14.1. The smallest absolute Gasteiger partial charge is 0.228 e. The zero-order chi connectivity index (χ0) is 14.7. The Balaban J connectivity index is 2.15. The summed E-state index contributed by atoms with van der Waals surface area (Å²) in [4.78, 5) is 12.0. The van der Waals surface area contributed by atoms with Crippen LogP contribution in [0.15, 0.2) is 36.4 Å². The van der Waals surface area contributed by atoms with Crippen molar-refractivity contribution in [3.8, 4) is 0 Å². The molecule has 2 aromatic carbocycles. The first-order chi connectivity index (χ1) is 9.47. The lowest BCUT2D eigenvalue weighted by Gasteiger charge is -2.10. The second kappa shape index (κ2) is 5.74. The van der Waals surface area contributed by atoms with Crippen molar-refractivity contribution >= 4 is 17.3 Å². The highest BCUT2D eigenvalue weighted by molar-refractivity contribution is 5.95. The molecule has 0 atom stereocenters. The molecular formula is C16H17FN2O. The van der Waals surface area contributed by atoms with Crippen LogP contribution in [0.4, 0.5) is 15.8 Å². The Labute approximate surface area is 117 Å². The Morgan fingerprint density at radius 3 is 2.70 bits per heavy atom. The van der Waals surface area contributed by atoms with Gasteiger partial charge < -0.3 is 11.1 Å². The molecule has 0 saturated heterocycles. The lowest BCUT2D eigenvalue weighted by atomic mass is 10.0. The van der Waals surface area contributed by atoms with Gasteiger partial charge in [-0.15, -0.1) is 0 Å². The van der Waals surface area contributed by atoms with E-state index in [1.165, 1.54) is 12.1 Å². The number of rotatable bonds is 3. The van der Waals surface area contributed by atoms with Gasteiger partial charge in [0, 0.05) is 0 Å². The third-order valence-electron chi connectivity index (χ3n) is 3.17. The highest BCUT2D eigenvalue weighted by Crippen LogP contribution is 2.22. The molecule has 0 spiro atoms. The maximum atomic E-state index is 13.6. The number of hydrogen-bond donors (Lipinski definition) is 2. The minimum absolute atomic E-state index is 0.0443. The van der Waals surface area contributed by atoms with Gasteiger partial charge in [-0.2, -0.15) is 0 Å². The van der Waals surface area contributed by atoms with Crippen molar-refractivity contribution in [2.45, 2.75) is 20.3 Å². The summed E-state index contributed by atoms with van der Waals surface area (Å²) in [5, 5.41) is 2.53. The van der Waals surface area contributed by atoms with Crippen molar-refractivity contribution in [3.63, 3.8) is 0 Å². The van der Waals surface area contributed by atoms with E-state index in [1.54, 1.807) is 6.07 Å². The van der Waals surface area contributed by atoms with E-state index in [9.17, 15) is 9.18 Å². The summed E-state index contributed by atoms with van der Waals surface area (Å²) in [5.41, 5.74) is 8.98. The van der Waals surface area contributed by atoms with Crippen molar-refractivity contribution in [1.82, 2.24) is 0 Å². The maximum absolute atomic E-state index is 13.6. The Hall–Kier alpha value is -2.36. The van der Waals surface area contributed by atoms with Crippen molar-refractivity contribution in [1.29, 1.82) is 0 Å². The van der Waals surface area contributed by atoms with Crippen molar-refractivity contribution in [3.05, 3.63) is 58.9 Å². The van der Waals surface area contributed by atoms with E-state index in [2.05, 4.69) is 5.32 Å². The molecule has 0 aromatic heterocycles. The van der Waals surface area contributed by atoms with Crippen molar-refractivity contribution < 1.29 is 9.18 Å². The van der Waals surface area contributed by atoms with Gasteiger partial charge in [-0.1, -0.05) is 29.8 Å². The zero-order valence-corrected chi connectivity index (χ0v) is 11.5. The molecule has 4 heteroatoms. The van der Waals surface area contributed by atoms with E-state index in [0.29, 0.717) is 0 Å². The number of benzene rings is 2. The molecule has 3 N–H and O–H groups in total. The topological polar surface area (TPSA) is 55.1 Å². The first-order valence-electron chi connectivity index (χ1n) is 6.37. The molecule has 104 valence electrons. The summed E-state index contributed by atoms with van der Waals surface area (Å²) in [6.45, 7) is 3.91. The molecule has 0 aliphatic rings. The summed E-state index contributed by atoms with van der Waals surface area (Å²) in [7, 11) is 0. The van der Waals surface area contributed by atoms with Crippen LogP contribution in [0.25, 0.3) is 0 Å². The SMILES string of the molecule is Cc1ccc(C)c(CC(=O)Nc2c(N)cccc2F)c1. The molecule has 0 aliphatic carbocycles. The summed E-state index contributed by atoms with van der Waals surface area (Å²) in [6, 6.07) is 10.2. The molecule has 0 fully saturated rings. The molecule has 20 heavy (non-hydrogen) atoms. The third-order valence-corrected chi connectivity index (χ3v) is 3.17. The van der Waals surface area contributed by atoms with Gasteiger partial charge in [0.1, 0.15) is 11.5 Å². The number of nitrogens with two attached hydrogens (primary N) is 1. The van der Waals surface area contributed by atoms with Crippen LogP contribution in [0.1, 0.15) is 16.7 Å². The van der Waals surface area contributed by atoms with E-state index in [1.807, 2.05) is 32.0 Å². The van der Waals surface area contributed by atoms with Crippen LogP contribution in [0.2, 0.25) is 0 Å². The third kappa shape index (κ3) is 3.15. The fraction of sp³-hybridized carbons (Fsp3) is 0.188. The standard InChI is InChI=1S/C16H17FN2O/c1-10-6-7-11(2)12(8-10)9-15(20)19-16-13(17)4-3-5-14(16)18/h3-8H,9,18H2,1-2H3,(H,19,20). The lowest BCUT2D eigenvalue weighted by Crippen LogP contribution is -2.17. The Kier molecular flexibility index (Phi) is 4.03. The predicted octanol–water partition coefficient (Wildman–Crippen LogP) is 3.21. The first-order valence-corrected chi connectivity index (χ1v) is 6.37. The number of para-hydroxylation sites is 1. The summed E-state index contributed by atoms with van der Waals surface area (Å²) >= 11 is 0. The summed E-state index contributed by atoms with van der Waals surface area (Å²) in [5.74, 6) is -0.810. The molecular weight excluding hydrogens is 255 g/mol. The van der Waals surface area contributed by atoms with E-state index >= 15 is 0 Å².